The summed E-state index contributed by atoms with van der Waals surface area (Å²) in [7, 11) is 1.66. The van der Waals surface area contributed by atoms with Crippen LogP contribution < -0.4 is 10.5 Å². The SMILES string of the molecule is COc1ccc(-n2nc(CN)cc2-c2cccs2)cc1. The maximum atomic E-state index is 5.72. The molecule has 0 unspecified atom stereocenters. The number of ether oxygens (including phenoxy) is 1. The van der Waals surface area contributed by atoms with E-state index in [-0.39, 0.29) is 0 Å². The summed E-state index contributed by atoms with van der Waals surface area (Å²) in [4.78, 5) is 1.17. The number of rotatable bonds is 4. The molecule has 1 aromatic carbocycles. The van der Waals surface area contributed by atoms with E-state index in [1.807, 2.05) is 41.1 Å². The largest absolute Gasteiger partial charge is 0.497 e. The summed E-state index contributed by atoms with van der Waals surface area (Å²) in [5.41, 5.74) is 8.65. The van der Waals surface area contributed by atoms with Gasteiger partial charge < -0.3 is 10.5 Å². The summed E-state index contributed by atoms with van der Waals surface area (Å²) in [6.07, 6.45) is 0. The zero-order valence-electron chi connectivity index (χ0n) is 11.1. The summed E-state index contributed by atoms with van der Waals surface area (Å²) < 4.78 is 7.11. The molecule has 0 aliphatic rings. The van der Waals surface area contributed by atoms with Crippen molar-refractivity contribution in [3.63, 3.8) is 0 Å². The van der Waals surface area contributed by atoms with Crippen LogP contribution in [0.25, 0.3) is 16.3 Å². The van der Waals surface area contributed by atoms with Crippen molar-refractivity contribution in [1.29, 1.82) is 0 Å². The first-order chi connectivity index (χ1) is 9.81. The lowest BCUT2D eigenvalue weighted by Gasteiger charge is -2.07. The van der Waals surface area contributed by atoms with Gasteiger partial charge in [0.25, 0.3) is 0 Å². The molecule has 2 heterocycles. The van der Waals surface area contributed by atoms with Crippen molar-refractivity contribution in [2.45, 2.75) is 6.54 Å². The Morgan fingerprint density at radius 1 is 1.25 bits per heavy atom. The van der Waals surface area contributed by atoms with E-state index in [0.717, 1.165) is 22.8 Å². The molecule has 0 aliphatic carbocycles. The highest BCUT2D eigenvalue weighted by Crippen LogP contribution is 2.28. The first-order valence-electron chi connectivity index (χ1n) is 6.29. The Kier molecular flexibility index (Phi) is 3.54. The molecular weight excluding hydrogens is 270 g/mol. The minimum absolute atomic E-state index is 0.432. The third-order valence-electron chi connectivity index (χ3n) is 3.06. The van der Waals surface area contributed by atoms with Crippen molar-refractivity contribution >= 4 is 11.3 Å². The third-order valence-corrected chi connectivity index (χ3v) is 3.95. The van der Waals surface area contributed by atoms with E-state index < -0.39 is 0 Å². The van der Waals surface area contributed by atoms with E-state index >= 15 is 0 Å². The van der Waals surface area contributed by atoms with E-state index in [1.165, 1.54) is 4.88 Å². The maximum absolute atomic E-state index is 5.72. The fourth-order valence-electron chi connectivity index (χ4n) is 2.05. The molecule has 0 saturated carbocycles. The molecule has 0 spiro atoms. The first-order valence-corrected chi connectivity index (χ1v) is 7.17. The average Bonchev–Trinajstić information content (AvgIpc) is 3.16. The molecule has 0 aliphatic heterocycles. The van der Waals surface area contributed by atoms with Crippen molar-refractivity contribution in [3.8, 4) is 22.0 Å². The van der Waals surface area contributed by atoms with Gasteiger partial charge in [-0.3, -0.25) is 0 Å². The molecule has 2 N–H and O–H groups in total. The number of nitrogens with two attached hydrogens (primary N) is 1. The normalized spacial score (nSPS) is 10.7. The smallest absolute Gasteiger partial charge is 0.119 e. The summed E-state index contributed by atoms with van der Waals surface area (Å²) in [6.45, 7) is 0.432. The quantitative estimate of drug-likeness (QED) is 0.801. The number of thiophene rings is 1. The predicted octanol–water partition coefficient (Wildman–Crippen LogP) is 3.07. The molecule has 3 rings (SSSR count). The Bertz CT molecular complexity index is 686. The van der Waals surface area contributed by atoms with E-state index in [1.54, 1.807) is 18.4 Å². The van der Waals surface area contributed by atoms with Crippen LogP contribution in [0.2, 0.25) is 0 Å². The van der Waals surface area contributed by atoms with Crippen molar-refractivity contribution < 1.29 is 4.74 Å². The number of hydrogen-bond donors (Lipinski definition) is 1. The lowest BCUT2D eigenvalue weighted by atomic mass is 10.2. The van der Waals surface area contributed by atoms with E-state index in [4.69, 9.17) is 10.5 Å². The summed E-state index contributed by atoms with van der Waals surface area (Å²) in [5, 5.41) is 6.63. The molecular formula is C15H15N3OS. The minimum Gasteiger partial charge on any atom is -0.497 e. The fraction of sp³-hybridized carbons (Fsp3) is 0.133. The molecule has 20 heavy (non-hydrogen) atoms. The van der Waals surface area contributed by atoms with Gasteiger partial charge in [0.05, 0.1) is 29.1 Å². The standard InChI is InChI=1S/C15H15N3OS/c1-19-13-6-4-12(5-7-13)18-14(9-11(10-16)17-18)15-3-2-8-20-15/h2-9H,10,16H2,1H3. The van der Waals surface area contributed by atoms with Gasteiger partial charge in [-0.2, -0.15) is 5.10 Å². The molecule has 0 bridgehead atoms. The van der Waals surface area contributed by atoms with E-state index in [9.17, 15) is 0 Å². The summed E-state index contributed by atoms with van der Waals surface area (Å²) in [6, 6.07) is 14.0. The molecule has 5 heteroatoms. The topological polar surface area (TPSA) is 53.1 Å². The van der Waals surface area contributed by atoms with E-state index in [0.29, 0.717) is 6.54 Å². The van der Waals surface area contributed by atoms with Crippen molar-refractivity contribution in [1.82, 2.24) is 9.78 Å². The number of aromatic nitrogens is 2. The third kappa shape index (κ3) is 2.33. The van der Waals surface area contributed by atoms with Gasteiger partial charge in [-0.25, -0.2) is 4.68 Å². The van der Waals surface area contributed by atoms with Gasteiger partial charge in [0.15, 0.2) is 0 Å². The Balaban J connectivity index is 2.09. The number of nitrogens with zero attached hydrogens (tertiary/aromatic N) is 2. The fourth-order valence-corrected chi connectivity index (χ4v) is 2.78. The van der Waals surface area contributed by atoms with E-state index in [2.05, 4.69) is 16.5 Å². The van der Waals surface area contributed by atoms with Crippen LogP contribution >= 0.6 is 11.3 Å². The molecule has 0 fully saturated rings. The van der Waals surface area contributed by atoms with Gasteiger partial charge in [0, 0.05) is 6.54 Å². The summed E-state index contributed by atoms with van der Waals surface area (Å²) in [5.74, 6) is 0.831. The minimum atomic E-state index is 0.432. The van der Waals surface area contributed by atoms with Gasteiger partial charge >= 0.3 is 0 Å². The molecule has 0 amide bonds. The molecule has 0 saturated heterocycles. The highest BCUT2D eigenvalue weighted by atomic mass is 32.1. The van der Waals surface area contributed by atoms with Crippen LogP contribution in [0.4, 0.5) is 0 Å². The molecule has 0 radical (unpaired) electrons. The zero-order chi connectivity index (χ0) is 13.9. The Labute approximate surface area is 121 Å². The maximum Gasteiger partial charge on any atom is 0.119 e. The zero-order valence-corrected chi connectivity index (χ0v) is 11.9. The van der Waals surface area contributed by atoms with Gasteiger partial charge in [-0.15, -0.1) is 11.3 Å². The summed E-state index contributed by atoms with van der Waals surface area (Å²) >= 11 is 1.69. The lowest BCUT2D eigenvalue weighted by molar-refractivity contribution is 0.414. The van der Waals surface area contributed by atoms with Crippen LogP contribution in [0.15, 0.2) is 47.8 Å². The van der Waals surface area contributed by atoms with Gasteiger partial charge in [0.2, 0.25) is 0 Å². The first kappa shape index (κ1) is 12.9. The highest BCUT2D eigenvalue weighted by Gasteiger charge is 2.11. The van der Waals surface area contributed by atoms with Crippen LogP contribution in [-0.2, 0) is 6.54 Å². The lowest BCUT2D eigenvalue weighted by Crippen LogP contribution is -2.01. The van der Waals surface area contributed by atoms with Crippen molar-refractivity contribution in [2.24, 2.45) is 5.73 Å². The van der Waals surface area contributed by atoms with Crippen LogP contribution in [0.5, 0.6) is 5.75 Å². The predicted molar refractivity (Wildman–Crippen MR) is 81.3 cm³/mol. The molecule has 3 aromatic rings. The highest BCUT2D eigenvalue weighted by molar-refractivity contribution is 7.13. The Morgan fingerprint density at radius 2 is 2.05 bits per heavy atom. The average molecular weight is 285 g/mol. The van der Waals surface area contributed by atoms with Gasteiger partial charge in [-0.05, 0) is 41.8 Å². The molecule has 4 nitrogen and oxygen atoms in total. The second-order valence-corrected chi connectivity index (χ2v) is 5.26. The van der Waals surface area contributed by atoms with Crippen molar-refractivity contribution in [2.75, 3.05) is 7.11 Å². The molecule has 0 atom stereocenters. The van der Waals surface area contributed by atoms with Crippen LogP contribution in [0.3, 0.4) is 0 Å². The number of methoxy groups -OCH3 is 1. The Hall–Kier alpha value is -2.11. The van der Waals surface area contributed by atoms with Crippen LogP contribution in [0.1, 0.15) is 5.69 Å². The van der Waals surface area contributed by atoms with Gasteiger partial charge in [-0.1, -0.05) is 6.07 Å². The van der Waals surface area contributed by atoms with Crippen LogP contribution in [-0.4, -0.2) is 16.9 Å². The molecule has 2 aromatic heterocycles. The monoisotopic (exact) mass is 285 g/mol. The Morgan fingerprint density at radius 3 is 2.65 bits per heavy atom. The van der Waals surface area contributed by atoms with Crippen LogP contribution in [0, 0.1) is 0 Å². The molecule has 102 valence electrons. The number of benzene rings is 1. The van der Waals surface area contributed by atoms with Crippen molar-refractivity contribution in [3.05, 3.63) is 53.5 Å². The second-order valence-electron chi connectivity index (χ2n) is 4.31. The van der Waals surface area contributed by atoms with Gasteiger partial charge in [0.1, 0.15) is 5.75 Å². The number of hydrogen-bond acceptors (Lipinski definition) is 4. The second kappa shape index (κ2) is 5.48.